The van der Waals surface area contributed by atoms with Crippen molar-refractivity contribution in [2.75, 3.05) is 0 Å². The molecular weight excluding hydrogens is 537 g/mol. The summed E-state index contributed by atoms with van der Waals surface area (Å²) in [5.74, 6) is 0.398. The van der Waals surface area contributed by atoms with Crippen molar-refractivity contribution >= 4 is 17.0 Å². The maximum absolute atomic E-state index is 14.1. The number of aryl methyl sites for hydroxylation is 2. The van der Waals surface area contributed by atoms with Gasteiger partial charge in [0, 0.05) is 23.6 Å². The van der Waals surface area contributed by atoms with Gasteiger partial charge in [0.05, 0.1) is 12.0 Å². The largest absolute Gasteiger partial charge is 0.487 e. The van der Waals surface area contributed by atoms with E-state index in [1.54, 1.807) is 18.4 Å². The number of carbonyl (C=O) groups is 1. The predicted molar refractivity (Wildman–Crippen MR) is 156 cm³/mol. The number of carbonyl (C=O) groups excluding carboxylic acids is 1. The Labute approximate surface area is 243 Å². The summed E-state index contributed by atoms with van der Waals surface area (Å²) in [6.45, 7) is 10.1. The summed E-state index contributed by atoms with van der Waals surface area (Å²) < 4.78 is 31.4. The van der Waals surface area contributed by atoms with Gasteiger partial charge in [0.25, 0.3) is 0 Å². The Morgan fingerprint density at radius 1 is 1.07 bits per heavy atom. The third-order valence-electron chi connectivity index (χ3n) is 6.78. The van der Waals surface area contributed by atoms with Crippen LogP contribution in [0.15, 0.2) is 99.1 Å². The maximum atomic E-state index is 14.1. The molecule has 1 aliphatic heterocycles. The number of halogens is 1. The second-order valence-electron chi connectivity index (χ2n) is 11.1. The van der Waals surface area contributed by atoms with Crippen LogP contribution in [-0.2, 0) is 11.3 Å². The van der Waals surface area contributed by atoms with Gasteiger partial charge in [-0.3, -0.25) is 0 Å². The minimum absolute atomic E-state index is 0.0210. The lowest BCUT2D eigenvalue weighted by atomic mass is 9.85. The number of allylic oxidation sites excluding steroid dienone is 2. The molecule has 1 aromatic heterocycles. The highest BCUT2D eigenvalue weighted by Crippen LogP contribution is 2.37. The lowest BCUT2D eigenvalue weighted by Crippen LogP contribution is -2.31. The molecule has 5 rings (SSSR count). The SMILES string of the molecule is Cc1ccc(C2OC=C(C(C)(C)C)C=C2N=NNC(=O)NCc2cc(F)ccc2Oc2ccc3c(C)noc3c2)cc1. The van der Waals surface area contributed by atoms with Crippen molar-refractivity contribution in [3.63, 3.8) is 0 Å². The smallest absolute Gasteiger partial charge is 0.336 e. The minimum Gasteiger partial charge on any atom is -0.487 e. The van der Waals surface area contributed by atoms with Gasteiger partial charge in [0.15, 0.2) is 11.7 Å². The zero-order chi connectivity index (χ0) is 29.9. The number of nitrogens with one attached hydrogen (secondary N) is 2. The summed E-state index contributed by atoms with van der Waals surface area (Å²) in [7, 11) is 0. The number of benzene rings is 3. The zero-order valence-corrected chi connectivity index (χ0v) is 24.1. The predicted octanol–water partition coefficient (Wildman–Crippen LogP) is 8.13. The lowest BCUT2D eigenvalue weighted by molar-refractivity contribution is 0.164. The van der Waals surface area contributed by atoms with Crippen molar-refractivity contribution in [1.82, 2.24) is 15.9 Å². The third-order valence-corrected chi connectivity index (χ3v) is 6.78. The summed E-state index contributed by atoms with van der Waals surface area (Å²) in [5.41, 5.74) is 7.52. The topological polar surface area (TPSA) is 110 Å². The van der Waals surface area contributed by atoms with E-state index in [1.807, 2.05) is 50.3 Å². The average molecular weight is 570 g/mol. The van der Waals surface area contributed by atoms with Gasteiger partial charge in [-0.15, -0.1) is 5.11 Å². The normalized spacial score (nSPS) is 15.2. The number of rotatable bonds is 7. The van der Waals surface area contributed by atoms with Gasteiger partial charge >= 0.3 is 6.03 Å². The molecule has 216 valence electrons. The molecule has 2 amide bonds. The second-order valence-corrected chi connectivity index (χ2v) is 11.1. The number of amides is 2. The van der Waals surface area contributed by atoms with Crippen LogP contribution in [0.4, 0.5) is 9.18 Å². The minimum atomic E-state index is -0.622. The van der Waals surface area contributed by atoms with Crippen LogP contribution in [-0.4, -0.2) is 11.2 Å². The van der Waals surface area contributed by atoms with Crippen molar-refractivity contribution in [2.45, 2.75) is 47.3 Å². The van der Waals surface area contributed by atoms with E-state index in [4.69, 9.17) is 14.0 Å². The summed E-state index contributed by atoms with van der Waals surface area (Å²) in [6.07, 6.45) is 3.19. The first-order chi connectivity index (χ1) is 20.1. The first-order valence-corrected chi connectivity index (χ1v) is 13.5. The molecule has 4 aromatic rings. The van der Waals surface area contributed by atoms with Crippen molar-refractivity contribution in [1.29, 1.82) is 0 Å². The Balaban J connectivity index is 1.25. The lowest BCUT2D eigenvalue weighted by Gasteiger charge is -2.27. The molecule has 10 heteroatoms. The van der Waals surface area contributed by atoms with E-state index >= 15 is 0 Å². The van der Waals surface area contributed by atoms with Crippen LogP contribution in [0.2, 0.25) is 0 Å². The van der Waals surface area contributed by atoms with Crippen molar-refractivity contribution in [2.24, 2.45) is 15.8 Å². The van der Waals surface area contributed by atoms with Crippen molar-refractivity contribution in [3.8, 4) is 11.5 Å². The number of aromatic nitrogens is 1. The van der Waals surface area contributed by atoms with E-state index in [2.05, 4.69) is 47.0 Å². The fraction of sp³-hybridized carbons (Fsp3) is 0.250. The van der Waals surface area contributed by atoms with Crippen LogP contribution in [0, 0.1) is 25.1 Å². The average Bonchev–Trinajstić information content (AvgIpc) is 3.33. The van der Waals surface area contributed by atoms with Crippen LogP contribution in [0.3, 0.4) is 0 Å². The van der Waals surface area contributed by atoms with Gasteiger partial charge < -0.3 is 19.3 Å². The maximum Gasteiger partial charge on any atom is 0.336 e. The molecule has 3 aromatic carbocycles. The Morgan fingerprint density at radius 3 is 2.62 bits per heavy atom. The number of ether oxygens (including phenoxy) is 2. The molecule has 0 saturated heterocycles. The molecule has 0 aliphatic carbocycles. The number of hydrogen-bond donors (Lipinski definition) is 2. The van der Waals surface area contributed by atoms with Gasteiger partial charge in [-0.1, -0.05) is 61.0 Å². The summed E-state index contributed by atoms with van der Waals surface area (Å²) >= 11 is 0. The first kappa shape index (κ1) is 28.5. The molecular formula is C32H32FN5O4. The zero-order valence-electron chi connectivity index (χ0n) is 24.1. The van der Waals surface area contributed by atoms with Crippen LogP contribution < -0.4 is 15.5 Å². The summed E-state index contributed by atoms with van der Waals surface area (Å²) in [5, 5.41) is 15.7. The Kier molecular flexibility index (Phi) is 8.06. The second kappa shape index (κ2) is 11.9. The highest BCUT2D eigenvalue weighted by molar-refractivity contribution is 5.80. The van der Waals surface area contributed by atoms with E-state index < -0.39 is 18.0 Å². The number of urea groups is 1. The Bertz CT molecular complexity index is 1700. The summed E-state index contributed by atoms with van der Waals surface area (Å²) in [4.78, 5) is 12.6. The Hall–Kier alpha value is -4.99. The van der Waals surface area contributed by atoms with Gasteiger partial charge in [-0.25, -0.2) is 14.6 Å². The molecule has 0 spiro atoms. The van der Waals surface area contributed by atoms with Crippen LogP contribution in [0.25, 0.3) is 11.0 Å². The number of hydrogen-bond acceptors (Lipinski definition) is 7. The molecule has 2 N–H and O–H groups in total. The van der Waals surface area contributed by atoms with Crippen molar-refractivity contribution < 1.29 is 23.2 Å². The van der Waals surface area contributed by atoms with Crippen LogP contribution >= 0.6 is 0 Å². The quantitative estimate of drug-likeness (QED) is 0.172. The van der Waals surface area contributed by atoms with Crippen LogP contribution in [0.1, 0.15) is 49.3 Å². The van der Waals surface area contributed by atoms with E-state index in [9.17, 15) is 9.18 Å². The van der Waals surface area contributed by atoms with Gasteiger partial charge in [0.2, 0.25) is 0 Å². The molecule has 1 aliphatic rings. The molecule has 1 unspecified atom stereocenters. The molecule has 2 heterocycles. The summed E-state index contributed by atoms with van der Waals surface area (Å²) in [6, 6.07) is 16.7. The van der Waals surface area contributed by atoms with Crippen molar-refractivity contribution in [3.05, 3.63) is 112 Å². The fourth-order valence-electron chi connectivity index (χ4n) is 4.31. The Morgan fingerprint density at radius 2 is 1.86 bits per heavy atom. The fourth-order valence-corrected chi connectivity index (χ4v) is 4.31. The highest BCUT2D eigenvalue weighted by Gasteiger charge is 2.26. The third kappa shape index (κ3) is 6.65. The van der Waals surface area contributed by atoms with Crippen LogP contribution in [0.5, 0.6) is 11.5 Å². The van der Waals surface area contributed by atoms with E-state index in [1.165, 1.54) is 18.2 Å². The molecule has 42 heavy (non-hydrogen) atoms. The number of fused-ring (bicyclic) bond motifs is 1. The molecule has 0 radical (unpaired) electrons. The highest BCUT2D eigenvalue weighted by atomic mass is 19.1. The van der Waals surface area contributed by atoms with Gasteiger partial charge in [0.1, 0.15) is 23.0 Å². The molecule has 9 nitrogen and oxygen atoms in total. The van der Waals surface area contributed by atoms with E-state index in [0.717, 1.165) is 27.8 Å². The van der Waals surface area contributed by atoms with E-state index in [0.29, 0.717) is 28.3 Å². The standard InChI is InChI=1S/C32H32FN5O4/c1-19-6-8-21(9-7-19)30-27(15-23(18-40-30)32(3,4)5)35-38-36-31(39)34-17-22-14-24(33)10-13-28(22)41-25-11-12-26-20(2)37-42-29(26)16-25/h6-16,18,30H,17H2,1-5H3,(H2,34,35,36,39). The molecule has 0 saturated carbocycles. The van der Waals surface area contributed by atoms with Gasteiger partial charge in [-0.05, 0) is 66.8 Å². The molecule has 1 atom stereocenters. The number of nitrogens with zero attached hydrogens (tertiary/aromatic N) is 3. The first-order valence-electron chi connectivity index (χ1n) is 13.5. The van der Waals surface area contributed by atoms with E-state index in [-0.39, 0.29) is 12.0 Å². The molecule has 0 bridgehead atoms. The van der Waals surface area contributed by atoms with Gasteiger partial charge in [-0.2, -0.15) is 0 Å². The monoisotopic (exact) mass is 569 g/mol. The molecule has 0 fully saturated rings.